The molecule has 3 aromatic rings. The molecule has 0 radical (unpaired) electrons. The lowest BCUT2D eigenvalue weighted by molar-refractivity contribution is -0.120. The third-order valence-corrected chi connectivity index (χ3v) is 5.28. The van der Waals surface area contributed by atoms with Crippen molar-refractivity contribution >= 4 is 39.1 Å². The van der Waals surface area contributed by atoms with E-state index in [0.717, 1.165) is 15.8 Å². The molecular formula is C20H19ClN2O3S. The van der Waals surface area contributed by atoms with Crippen LogP contribution in [0.5, 0.6) is 0 Å². The van der Waals surface area contributed by atoms with Crippen molar-refractivity contribution < 1.29 is 9.90 Å². The summed E-state index contributed by atoms with van der Waals surface area (Å²) in [5, 5.41) is 13.0. The minimum absolute atomic E-state index is 0.0558. The molecule has 0 saturated carbocycles. The van der Waals surface area contributed by atoms with Crippen LogP contribution in [0.2, 0.25) is 5.02 Å². The van der Waals surface area contributed by atoms with Crippen molar-refractivity contribution in [2.24, 2.45) is 0 Å². The number of fused-ring (bicyclic) bond motifs is 1. The summed E-state index contributed by atoms with van der Waals surface area (Å²) in [6.07, 6.45) is 1.30. The molecule has 2 aromatic carbocycles. The average molecular weight is 403 g/mol. The van der Waals surface area contributed by atoms with Gasteiger partial charge in [0.15, 0.2) is 0 Å². The number of hydrogen-bond acceptors (Lipinski definition) is 5. The Hall–Kier alpha value is -2.28. The van der Waals surface area contributed by atoms with E-state index in [-0.39, 0.29) is 30.1 Å². The minimum atomic E-state index is -0.252. The zero-order chi connectivity index (χ0) is 19.2. The van der Waals surface area contributed by atoms with Gasteiger partial charge >= 0.3 is 0 Å². The first-order valence-electron chi connectivity index (χ1n) is 8.60. The molecule has 0 spiro atoms. The molecule has 5 nitrogen and oxygen atoms in total. The van der Waals surface area contributed by atoms with Crippen LogP contribution in [0.15, 0.2) is 47.3 Å². The fraction of sp³-hybridized carbons (Fsp3) is 0.250. The highest BCUT2D eigenvalue weighted by atomic mass is 35.5. The maximum absolute atomic E-state index is 12.7. The summed E-state index contributed by atoms with van der Waals surface area (Å²) >= 11 is 7.06. The van der Waals surface area contributed by atoms with E-state index >= 15 is 0 Å². The van der Waals surface area contributed by atoms with E-state index in [1.165, 1.54) is 11.5 Å². The fourth-order valence-electron chi connectivity index (χ4n) is 2.70. The zero-order valence-electron chi connectivity index (χ0n) is 14.6. The van der Waals surface area contributed by atoms with Gasteiger partial charge < -0.3 is 10.4 Å². The van der Waals surface area contributed by atoms with Crippen molar-refractivity contribution in [3.63, 3.8) is 0 Å². The first-order valence-corrected chi connectivity index (χ1v) is 9.75. The summed E-state index contributed by atoms with van der Waals surface area (Å²) in [5.41, 5.74) is 1.96. The molecule has 0 saturated heterocycles. The molecule has 0 bridgehead atoms. The van der Waals surface area contributed by atoms with Crippen LogP contribution >= 0.6 is 23.1 Å². The van der Waals surface area contributed by atoms with E-state index in [1.54, 1.807) is 12.1 Å². The number of aliphatic hydroxyl groups excluding tert-OH is 1. The fourth-order valence-corrected chi connectivity index (χ4v) is 3.56. The van der Waals surface area contributed by atoms with E-state index < -0.39 is 0 Å². The van der Waals surface area contributed by atoms with Crippen molar-refractivity contribution in [3.8, 4) is 0 Å². The number of aromatic nitrogens is 1. The Bertz CT molecular complexity index is 1000. The molecule has 1 aromatic heterocycles. The Kier molecular flexibility index (Phi) is 6.55. The molecule has 0 fully saturated rings. The summed E-state index contributed by atoms with van der Waals surface area (Å²) < 4.78 is 5.01. The van der Waals surface area contributed by atoms with Gasteiger partial charge in [-0.05, 0) is 59.8 Å². The number of nitrogens with one attached hydrogen (secondary N) is 1. The number of carbonyl (C=O) groups is 1. The molecule has 0 aliphatic rings. The summed E-state index contributed by atoms with van der Waals surface area (Å²) in [4.78, 5) is 24.9. The summed E-state index contributed by atoms with van der Waals surface area (Å²) in [7, 11) is 0. The quantitative estimate of drug-likeness (QED) is 0.636. The lowest BCUT2D eigenvalue weighted by Crippen LogP contribution is -2.27. The zero-order valence-corrected chi connectivity index (χ0v) is 16.1. The third-order valence-electron chi connectivity index (χ3n) is 4.16. The van der Waals surface area contributed by atoms with Crippen LogP contribution < -0.4 is 10.7 Å². The van der Waals surface area contributed by atoms with Gasteiger partial charge in [-0.25, -0.2) is 0 Å². The monoisotopic (exact) mass is 402 g/mol. The number of carbonyl (C=O) groups excluding carboxylic acids is 1. The van der Waals surface area contributed by atoms with Gasteiger partial charge in [0.25, 0.3) is 0 Å². The van der Waals surface area contributed by atoms with E-state index in [1.807, 2.05) is 30.3 Å². The standard InChI is InChI=1S/C20H19ClN2O3S/c21-15-6-3-14(4-7-15)12-22-19(25)11-17-20(26)16-10-13(2-1-9-24)5-8-18(16)27-23-17/h3-8,10,24H,1-2,9,11-12H2,(H,22,25). The van der Waals surface area contributed by atoms with E-state index in [9.17, 15) is 9.59 Å². The Labute approximate surface area is 165 Å². The maximum atomic E-state index is 12.7. The second-order valence-corrected chi connectivity index (χ2v) is 7.44. The summed E-state index contributed by atoms with van der Waals surface area (Å²) in [6.45, 7) is 0.479. The van der Waals surface area contributed by atoms with Crippen LogP contribution in [0, 0.1) is 0 Å². The average Bonchev–Trinajstić information content (AvgIpc) is 2.68. The Balaban J connectivity index is 1.71. The molecule has 0 aliphatic heterocycles. The second kappa shape index (κ2) is 9.08. The molecule has 2 N–H and O–H groups in total. The number of nitrogens with zero attached hydrogens (tertiary/aromatic N) is 1. The van der Waals surface area contributed by atoms with Gasteiger partial charge in [-0.1, -0.05) is 29.8 Å². The summed E-state index contributed by atoms with van der Waals surface area (Å²) in [5.74, 6) is -0.252. The Morgan fingerprint density at radius 2 is 1.89 bits per heavy atom. The van der Waals surface area contributed by atoms with Crippen molar-refractivity contribution in [1.82, 2.24) is 9.69 Å². The van der Waals surface area contributed by atoms with Crippen LogP contribution in [-0.4, -0.2) is 22.0 Å². The molecule has 27 heavy (non-hydrogen) atoms. The lowest BCUT2D eigenvalue weighted by Gasteiger charge is -2.06. The van der Waals surface area contributed by atoms with Gasteiger partial charge in [0.05, 0.1) is 11.1 Å². The molecule has 0 aliphatic carbocycles. The largest absolute Gasteiger partial charge is 0.396 e. The first-order chi connectivity index (χ1) is 13.1. The molecule has 1 amide bonds. The molecule has 0 atom stereocenters. The highest BCUT2D eigenvalue weighted by molar-refractivity contribution is 7.12. The first kappa shape index (κ1) is 19.5. The van der Waals surface area contributed by atoms with Gasteiger partial charge in [0, 0.05) is 23.6 Å². The van der Waals surface area contributed by atoms with E-state index in [0.29, 0.717) is 29.8 Å². The van der Waals surface area contributed by atoms with Crippen LogP contribution in [0.1, 0.15) is 23.2 Å². The highest BCUT2D eigenvalue weighted by Gasteiger charge is 2.12. The Morgan fingerprint density at radius 3 is 2.63 bits per heavy atom. The molecule has 7 heteroatoms. The number of amides is 1. The van der Waals surface area contributed by atoms with Gasteiger partial charge in [0.2, 0.25) is 11.3 Å². The smallest absolute Gasteiger partial charge is 0.226 e. The molecule has 3 rings (SSSR count). The number of benzene rings is 2. The predicted octanol–water partition coefficient (Wildman–Crippen LogP) is 3.09. The van der Waals surface area contributed by atoms with Gasteiger partial charge in [-0.2, -0.15) is 4.37 Å². The lowest BCUT2D eigenvalue weighted by atomic mass is 10.1. The molecule has 140 valence electrons. The van der Waals surface area contributed by atoms with E-state index in [2.05, 4.69) is 9.69 Å². The number of hydrogen-bond donors (Lipinski definition) is 2. The number of aryl methyl sites for hydroxylation is 1. The normalized spacial score (nSPS) is 10.9. The number of rotatable bonds is 7. The molecule has 0 unspecified atom stereocenters. The van der Waals surface area contributed by atoms with Crippen molar-refractivity contribution in [3.05, 3.63) is 74.5 Å². The highest BCUT2D eigenvalue weighted by Crippen LogP contribution is 2.17. The topological polar surface area (TPSA) is 79.3 Å². The summed E-state index contributed by atoms with van der Waals surface area (Å²) in [6, 6.07) is 12.8. The van der Waals surface area contributed by atoms with Crippen LogP contribution in [0.4, 0.5) is 0 Å². The van der Waals surface area contributed by atoms with Crippen LogP contribution in [0.25, 0.3) is 10.1 Å². The SMILES string of the molecule is O=C(Cc1nsc2ccc(CCCO)cc2c1=O)NCc1ccc(Cl)cc1. The van der Waals surface area contributed by atoms with Gasteiger partial charge in [0.1, 0.15) is 5.69 Å². The van der Waals surface area contributed by atoms with Gasteiger partial charge in [-0.15, -0.1) is 0 Å². The second-order valence-electron chi connectivity index (χ2n) is 6.20. The van der Waals surface area contributed by atoms with Crippen molar-refractivity contribution in [2.75, 3.05) is 6.61 Å². The molecule has 1 heterocycles. The Morgan fingerprint density at radius 1 is 1.15 bits per heavy atom. The van der Waals surface area contributed by atoms with Gasteiger partial charge in [-0.3, -0.25) is 9.59 Å². The number of halogens is 1. The van der Waals surface area contributed by atoms with E-state index in [4.69, 9.17) is 16.7 Å². The molecular weight excluding hydrogens is 384 g/mol. The maximum Gasteiger partial charge on any atom is 0.226 e. The van der Waals surface area contributed by atoms with Crippen molar-refractivity contribution in [1.29, 1.82) is 0 Å². The minimum Gasteiger partial charge on any atom is -0.396 e. The van der Waals surface area contributed by atoms with Crippen molar-refractivity contribution in [2.45, 2.75) is 25.8 Å². The van der Waals surface area contributed by atoms with Crippen LogP contribution in [-0.2, 0) is 24.2 Å². The number of aliphatic hydroxyl groups is 1. The predicted molar refractivity (Wildman–Crippen MR) is 108 cm³/mol. The third kappa shape index (κ3) is 5.13. The van der Waals surface area contributed by atoms with Crippen LogP contribution in [0.3, 0.4) is 0 Å².